The molecule has 0 radical (unpaired) electrons. The average molecular weight is 257 g/mol. The highest BCUT2D eigenvalue weighted by atomic mass is 16.4. The highest BCUT2D eigenvalue weighted by Crippen LogP contribution is 2.15. The summed E-state index contributed by atoms with van der Waals surface area (Å²) in [5.74, 6) is 0.628. The van der Waals surface area contributed by atoms with Gasteiger partial charge in [-0.15, -0.1) is 0 Å². The summed E-state index contributed by atoms with van der Waals surface area (Å²) >= 11 is 0. The molecule has 0 fully saturated rings. The van der Waals surface area contributed by atoms with Gasteiger partial charge in [-0.2, -0.15) is 0 Å². The molecule has 0 atom stereocenters. The molecule has 0 unspecified atom stereocenters. The van der Waals surface area contributed by atoms with Crippen LogP contribution in [0.25, 0.3) is 11.0 Å². The summed E-state index contributed by atoms with van der Waals surface area (Å²) in [6, 6.07) is 5.15. The van der Waals surface area contributed by atoms with Crippen LogP contribution in [-0.2, 0) is 0 Å². The molecule has 0 aliphatic carbocycles. The summed E-state index contributed by atoms with van der Waals surface area (Å²) in [4.78, 5) is 8.85. The maximum absolute atomic E-state index is 9.35. The van der Waals surface area contributed by atoms with Gasteiger partial charge in [0.1, 0.15) is 5.82 Å². The normalized spacial score (nSPS) is 10.5. The Kier molecular flexibility index (Phi) is 3.83. The van der Waals surface area contributed by atoms with Gasteiger partial charge in [0.05, 0.1) is 16.7 Å². The predicted molar refractivity (Wildman–Crippen MR) is 77.4 cm³/mol. The number of aromatic nitrogens is 2. The topological polar surface area (TPSA) is 78.3 Å². The quantitative estimate of drug-likeness (QED) is 0.552. The Hall–Kier alpha value is -1.92. The van der Waals surface area contributed by atoms with Gasteiger partial charge in [0.15, 0.2) is 0 Å². The average Bonchev–Trinajstić information content (AvgIpc) is 2.35. The number of fused-ring (bicyclic) bond motifs is 1. The molecule has 2 aromatic rings. The van der Waals surface area contributed by atoms with Gasteiger partial charge >= 0.3 is 7.12 Å². The summed E-state index contributed by atoms with van der Waals surface area (Å²) in [6.07, 6.45) is 0. The maximum Gasteiger partial charge on any atom is 0.490 e. The number of para-hydroxylation sites is 1. The number of anilines is 1. The zero-order chi connectivity index (χ0) is 14.0. The number of rotatable bonds is 4. The van der Waals surface area contributed by atoms with Gasteiger partial charge in [-0.3, -0.25) is 0 Å². The fraction of sp³-hybridized carbons (Fsp3) is 0.231. The Morgan fingerprint density at radius 1 is 1.37 bits per heavy atom. The van der Waals surface area contributed by atoms with Crippen molar-refractivity contribution in [2.24, 2.45) is 0 Å². The molecule has 0 saturated carbocycles. The second kappa shape index (κ2) is 5.38. The minimum atomic E-state index is -1.56. The molecule has 1 aromatic heterocycles. The Morgan fingerprint density at radius 3 is 2.74 bits per heavy atom. The van der Waals surface area contributed by atoms with E-state index in [1.807, 2.05) is 13.8 Å². The standard InChI is InChI=1S/C13H16BN3O2/c1-8(2)7-15-13-9(3)16-11-6-4-5-10(14(18)19)12(11)17-13/h4-6,18-19H,1,7H2,2-3H3,(H,15,17). The van der Waals surface area contributed by atoms with Crippen molar-refractivity contribution in [2.45, 2.75) is 13.8 Å². The van der Waals surface area contributed by atoms with Crippen molar-refractivity contribution in [3.8, 4) is 0 Å². The molecule has 6 heteroatoms. The Balaban J connectivity index is 2.52. The lowest BCUT2D eigenvalue weighted by Gasteiger charge is -2.11. The number of nitrogens with one attached hydrogen (secondary N) is 1. The van der Waals surface area contributed by atoms with Crippen molar-refractivity contribution < 1.29 is 10.0 Å². The zero-order valence-electron chi connectivity index (χ0n) is 11.0. The van der Waals surface area contributed by atoms with Gasteiger partial charge in [-0.25, -0.2) is 9.97 Å². The number of hydrogen-bond acceptors (Lipinski definition) is 5. The molecule has 0 bridgehead atoms. The van der Waals surface area contributed by atoms with Crippen LogP contribution in [0.15, 0.2) is 30.4 Å². The Labute approximate surface area is 112 Å². The molecule has 0 amide bonds. The van der Waals surface area contributed by atoms with E-state index in [1.54, 1.807) is 18.2 Å². The van der Waals surface area contributed by atoms with E-state index >= 15 is 0 Å². The Morgan fingerprint density at radius 2 is 2.11 bits per heavy atom. The van der Waals surface area contributed by atoms with Crippen LogP contribution in [0.2, 0.25) is 0 Å². The van der Waals surface area contributed by atoms with E-state index in [2.05, 4.69) is 21.9 Å². The van der Waals surface area contributed by atoms with Crippen molar-refractivity contribution in [3.05, 3.63) is 36.0 Å². The molecule has 5 nitrogen and oxygen atoms in total. The van der Waals surface area contributed by atoms with Gasteiger partial charge in [-0.1, -0.05) is 24.3 Å². The van der Waals surface area contributed by atoms with Crippen LogP contribution in [0.5, 0.6) is 0 Å². The molecule has 0 aliphatic rings. The van der Waals surface area contributed by atoms with E-state index in [1.165, 1.54) is 0 Å². The first-order valence-electron chi connectivity index (χ1n) is 6.00. The highest BCUT2D eigenvalue weighted by molar-refractivity contribution is 6.61. The van der Waals surface area contributed by atoms with E-state index < -0.39 is 7.12 Å². The fourth-order valence-electron chi connectivity index (χ4n) is 1.80. The van der Waals surface area contributed by atoms with Crippen molar-refractivity contribution in [3.63, 3.8) is 0 Å². The van der Waals surface area contributed by atoms with Crippen molar-refractivity contribution in [1.29, 1.82) is 0 Å². The fourth-order valence-corrected chi connectivity index (χ4v) is 1.80. The number of benzene rings is 1. The smallest absolute Gasteiger partial charge is 0.423 e. The van der Waals surface area contributed by atoms with E-state index in [0.29, 0.717) is 28.9 Å². The van der Waals surface area contributed by atoms with Gasteiger partial charge < -0.3 is 15.4 Å². The first kappa shape index (κ1) is 13.5. The number of hydrogen-bond donors (Lipinski definition) is 3. The van der Waals surface area contributed by atoms with Gasteiger partial charge in [0.2, 0.25) is 0 Å². The van der Waals surface area contributed by atoms with E-state index in [4.69, 9.17) is 0 Å². The van der Waals surface area contributed by atoms with Crippen LogP contribution in [0.1, 0.15) is 12.6 Å². The van der Waals surface area contributed by atoms with Crippen LogP contribution in [0.3, 0.4) is 0 Å². The van der Waals surface area contributed by atoms with Crippen LogP contribution >= 0.6 is 0 Å². The SMILES string of the molecule is C=C(C)CNc1nc2c(B(O)O)cccc2nc1C. The van der Waals surface area contributed by atoms with Crippen LogP contribution in [0.4, 0.5) is 5.82 Å². The third-order valence-electron chi connectivity index (χ3n) is 2.74. The molecule has 0 spiro atoms. The van der Waals surface area contributed by atoms with Gasteiger partial charge in [0.25, 0.3) is 0 Å². The molecule has 1 heterocycles. The Bertz CT molecular complexity index is 629. The minimum Gasteiger partial charge on any atom is -0.423 e. The summed E-state index contributed by atoms with van der Waals surface area (Å²) < 4.78 is 0. The van der Waals surface area contributed by atoms with Crippen molar-refractivity contribution >= 4 is 29.4 Å². The van der Waals surface area contributed by atoms with Crippen LogP contribution < -0.4 is 10.8 Å². The minimum absolute atomic E-state index is 0.350. The second-order valence-electron chi connectivity index (χ2n) is 4.56. The zero-order valence-corrected chi connectivity index (χ0v) is 11.0. The lowest BCUT2D eigenvalue weighted by molar-refractivity contribution is 0.426. The molecule has 1 aromatic carbocycles. The van der Waals surface area contributed by atoms with Crippen LogP contribution in [0, 0.1) is 6.92 Å². The molecular weight excluding hydrogens is 241 g/mol. The lowest BCUT2D eigenvalue weighted by atomic mass is 9.79. The first-order valence-corrected chi connectivity index (χ1v) is 6.00. The third-order valence-corrected chi connectivity index (χ3v) is 2.74. The highest BCUT2D eigenvalue weighted by Gasteiger charge is 2.17. The molecule has 0 saturated heterocycles. The van der Waals surface area contributed by atoms with E-state index in [0.717, 1.165) is 11.3 Å². The van der Waals surface area contributed by atoms with Gasteiger partial charge in [-0.05, 0) is 19.9 Å². The predicted octanol–water partition coefficient (Wildman–Crippen LogP) is 0.606. The number of aryl methyl sites for hydroxylation is 1. The maximum atomic E-state index is 9.35. The largest absolute Gasteiger partial charge is 0.490 e. The lowest BCUT2D eigenvalue weighted by Crippen LogP contribution is -2.31. The molecule has 19 heavy (non-hydrogen) atoms. The van der Waals surface area contributed by atoms with E-state index in [9.17, 15) is 10.0 Å². The molecule has 98 valence electrons. The molecular formula is C13H16BN3O2. The second-order valence-corrected chi connectivity index (χ2v) is 4.56. The monoisotopic (exact) mass is 257 g/mol. The number of nitrogens with zero attached hydrogens (tertiary/aromatic N) is 2. The molecule has 3 N–H and O–H groups in total. The summed E-state index contributed by atoms with van der Waals surface area (Å²) in [5.41, 5.74) is 3.23. The van der Waals surface area contributed by atoms with Gasteiger partial charge in [0, 0.05) is 12.0 Å². The van der Waals surface area contributed by atoms with E-state index in [-0.39, 0.29) is 0 Å². The van der Waals surface area contributed by atoms with Crippen molar-refractivity contribution in [1.82, 2.24) is 9.97 Å². The van der Waals surface area contributed by atoms with Crippen LogP contribution in [-0.4, -0.2) is 33.7 Å². The summed E-state index contributed by atoms with van der Waals surface area (Å²) in [5, 5.41) is 21.8. The third kappa shape index (κ3) is 2.92. The van der Waals surface area contributed by atoms with Crippen molar-refractivity contribution in [2.75, 3.05) is 11.9 Å². The molecule has 2 rings (SSSR count). The first-order chi connectivity index (χ1) is 8.99. The summed E-state index contributed by atoms with van der Waals surface area (Å²) in [7, 11) is -1.56. The molecule has 0 aliphatic heterocycles. The summed E-state index contributed by atoms with van der Waals surface area (Å²) in [6.45, 7) is 8.19.